The summed E-state index contributed by atoms with van der Waals surface area (Å²) in [6.07, 6.45) is 0.845. The molecule has 17 heavy (non-hydrogen) atoms. The fourth-order valence-corrected chi connectivity index (χ4v) is 3.61. The maximum absolute atomic E-state index is 12.0. The summed E-state index contributed by atoms with van der Waals surface area (Å²) in [7, 11) is -3.40. The molecule has 2 atom stereocenters. The highest BCUT2D eigenvalue weighted by atomic mass is 28.4. The Morgan fingerprint density at radius 3 is 1.82 bits per heavy atom. The molecule has 0 radical (unpaired) electrons. The molecule has 0 aromatic heterocycles. The van der Waals surface area contributed by atoms with Gasteiger partial charge in [0.1, 0.15) is 0 Å². The number of hydrogen-bond donors (Lipinski definition) is 0. The summed E-state index contributed by atoms with van der Waals surface area (Å²) in [4.78, 5) is 12.0. The molecule has 0 aromatic rings. The van der Waals surface area contributed by atoms with Crippen molar-refractivity contribution in [2.75, 3.05) is 0 Å². The van der Waals surface area contributed by atoms with E-state index in [-0.39, 0.29) is 18.0 Å². The fourth-order valence-electron chi connectivity index (χ4n) is 1.54. The maximum atomic E-state index is 12.0. The van der Waals surface area contributed by atoms with Crippen molar-refractivity contribution in [3.05, 3.63) is 0 Å². The Labute approximate surface area is 108 Å². The minimum Gasteiger partial charge on any atom is -0.520 e. The molecule has 0 bridgehead atoms. The predicted molar refractivity (Wildman–Crippen MR) is 77.1 cm³/mol. The Balaban J connectivity index is 4.54. The SMILES string of the molecule is CCC(O[Si](C)(C)C)C(C)C(=O)O[Si](C)(C)C. The monoisotopic (exact) mass is 276 g/mol. The molecule has 0 amide bonds. The van der Waals surface area contributed by atoms with Gasteiger partial charge >= 0.3 is 0 Å². The predicted octanol–water partition coefficient (Wildman–Crippen LogP) is 3.63. The maximum Gasteiger partial charge on any atom is 0.297 e. The van der Waals surface area contributed by atoms with Crippen LogP contribution in [0.15, 0.2) is 0 Å². The molecule has 2 unspecified atom stereocenters. The van der Waals surface area contributed by atoms with Crippen molar-refractivity contribution < 1.29 is 13.6 Å². The Bertz CT molecular complexity index is 253. The highest BCUT2D eigenvalue weighted by Crippen LogP contribution is 2.20. The first-order valence-electron chi connectivity index (χ1n) is 6.37. The molecule has 5 heteroatoms. The van der Waals surface area contributed by atoms with Gasteiger partial charge in [0.05, 0.1) is 12.0 Å². The topological polar surface area (TPSA) is 35.5 Å². The second-order valence-corrected chi connectivity index (χ2v) is 15.4. The highest BCUT2D eigenvalue weighted by Gasteiger charge is 2.31. The molecule has 0 aliphatic heterocycles. The average molecular weight is 277 g/mol. The van der Waals surface area contributed by atoms with Crippen molar-refractivity contribution in [1.29, 1.82) is 0 Å². The molecule has 0 aliphatic carbocycles. The van der Waals surface area contributed by atoms with E-state index in [1.165, 1.54) is 0 Å². The highest BCUT2D eigenvalue weighted by molar-refractivity contribution is 6.71. The zero-order valence-corrected chi connectivity index (χ0v) is 14.6. The van der Waals surface area contributed by atoms with Crippen molar-refractivity contribution in [1.82, 2.24) is 0 Å². The van der Waals surface area contributed by atoms with Crippen LogP contribution in [-0.4, -0.2) is 28.7 Å². The zero-order chi connectivity index (χ0) is 13.9. The third-order valence-electron chi connectivity index (χ3n) is 2.24. The standard InChI is InChI=1S/C12H28O3Si2/c1-9-11(14-16(3,4)5)10(2)12(13)15-17(6,7)8/h10-11H,9H2,1-8H3. The van der Waals surface area contributed by atoms with E-state index in [9.17, 15) is 4.79 Å². The van der Waals surface area contributed by atoms with Gasteiger partial charge in [0.15, 0.2) is 8.32 Å². The molecule has 0 rings (SSSR count). The lowest BCUT2D eigenvalue weighted by molar-refractivity contribution is -0.142. The van der Waals surface area contributed by atoms with E-state index in [0.29, 0.717) is 0 Å². The van der Waals surface area contributed by atoms with Gasteiger partial charge in [-0.2, -0.15) is 0 Å². The minimum atomic E-state index is -1.79. The second kappa shape index (κ2) is 6.15. The minimum absolute atomic E-state index is 0.00878. The van der Waals surface area contributed by atoms with E-state index >= 15 is 0 Å². The van der Waals surface area contributed by atoms with Gasteiger partial charge in [-0.25, -0.2) is 0 Å². The van der Waals surface area contributed by atoms with Crippen LogP contribution in [0.4, 0.5) is 0 Å². The van der Waals surface area contributed by atoms with Crippen LogP contribution < -0.4 is 0 Å². The molecule has 102 valence electrons. The van der Waals surface area contributed by atoms with Gasteiger partial charge in [-0.3, -0.25) is 4.79 Å². The van der Waals surface area contributed by atoms with E-state index in [1.54, 1.807) is 0 Å². The lowest BCUT2D eigenvalue weighted by atomic mass is 10.0. The summed E-state index contributed by atoms with van der Waals surface area (Å²) in [5.41, 5.74) is 0. The van der Waals surface area contributed by atoms with E-state index in [2.05, 4.69) is 26.6 Å². The van der Waals surface area contributed by atoms with E-state index < -0.39 is 16.6 Å². The largest absolute Gasteiger partial charge is 0.520 e. The Kier molecular flexibility index (Phi) is 6.11. The summed E-state index contributed by atoms with van der Waals surface area (Å²) in [6.45, 7) is 16.5. The second-order valence-electron chi connectivity index (χ2n) is 6.50. The van der Waals surface area contributed by atoms with E-state index in [0.717, 1.165) is 6.42 Å². The van der Waals surface area contributed by atoms with Crippen LogP contribution in [-0.2, 0) is 13.6 Å². The summed E-state index contributed by atoms with van der Waals surface area (Å²) >= 11 is 0. The fraction of sp³-hybridized carbons (Fsp3) is 0.917. The van der Waals surface area contributed by atoms with Gasteiger partial charge in [0, 0.05) is 0 Å². The molecule has 0 spiro atoms. The van der Waals surface area contributed by atoms with Gasteiger partial charge in [-0.05, 0) is 52.6 Å². The third kappa shape index (κ3) is 7.73. The quantitative estimate of drug-likeness (QED) is 0.695. The molecule has 0 saturated carbocycles. The van der Waals surface area contributed by atoms with Crippen LogP contribution in [0.1, 0.15) is 20.3 Å². The number of hydrogen-bond acceptors (Lipinski definition) is 3. The van der Waals surface area contributed by atoms with Crippen LogP contribution in [0.25, 0.3) is 0 Å². The Morgan fingerprint density at radius 1 is 1.06 bits per heavy atom. The molecule has 3 nitrogen and oxygen atoms in total. The van der Waals surface area contributed by atoms with Crippen LogP contribution in [0.5, 0.6) is 0 Å². The molecule has 0 aliphatic rings. The lowest BCUT2D eigenvalue weighted by Crippen LogP contribution is -2.41. The van der Waals surface area contributed by atoms with E-state index in [4.69, 9.17) is 8.85 Å². The summed E-state index contributed by atoms with van der Waals surface area (Å²) in [6, 6.07) is 0. The average Bonchev–Trinajstić information content (AvgIpc) is 2.08. The smallest absolute Gasteiger partial charge is 0.297 e. The van der Waals surface area contributed by atoms with Crippen molar-refractivity contribution in [2.45, 2.75) is 65.7 Å². The summed E-state index contributed by atoms with van der Waals surface area (Å²) in [5, 5.41) is 0. The molecule has 0 aromatic carbocycles. The first-order valence-corrected chi connectivity index (χ1v) is 13.2. The van der Waals surface area contributed by atoms with Gasteiger partial charge in [0.2, 0.25) is 8.32 Å². The van der Waals surface area contributed by atoms with Crippen LogP contribution in [0.3, 0.4) is 0 Å². The summed E-state index contributed by atoms with van der Waals surface area (Å²) in [5.74, 6) is -0.271. The first-order chi connectivity index (χ1) is 7.46. The molecular formula is C12H28O3Si2. The molecule has 0 fully saturated rings. The van der Waals surface area contributed by atoms with Crippen molar-refractivity contribution >= 4 is 22.6 Å². The Hall–Kier alpha value is -0.136. The van der Waals surface area contributed by atoms with Gasteiger partial charge in [-0.15, -0.1) is 0 Å². The first kappa shape index (κ1) is 16.9. The van der Waals surface area contributed by atoms with Crippen molar-refractivity contribution in [2.24, 2.45) is 5.92 Å². The number of rotatable bonds is 6. The normalized spacial score (nSPS) is 16.5. The lowest BCUT2D eigenvalue weighted by Gasteiger charge is -2.30. The van der Waals surface area contributed by atoms with Crippen molar-refractivity contribution in [3.63, 3.8) is 0 Å². The van der Waals surface area contributed by atoms with Crippen LogP contribution in [0.2, 0.25) is 39.3 Å². The number of carbonyl (C=O) groups excluding carboxylic acids is 1. The summed E-state index contributed by atoms with van der Waals surface area (Å²) < 4.78 is 11.6. The van der Waals surface area contributed by atoms with Gasteiger partial charge in [0.25, 0.3) is 5.97 Å². The number of carbonyl (C=O) groups is 1. The molecule has 0 N–H and O–H groups in total. The van der Waals surface area contributed by atoms with Gasteiger partial charge in [-0.1, -0.05) is 6.92 Å². The Morgan fingerprint density at radius 2 is 1.53 bits per heavy atom. The molecule has 0 saturated heterocycles. The zero-order valence-electron chi connectivity index (χ0n) is 12.6. The third-order valence-corrected chi connectivity index (χ3v) is 4.07. The molecule has 0 heterocycles. The van der Waals surface area contributed by atoms with E-state index in [1.807, 2.05) is 26.6 Å². The van der Waals surface area contributed by atoms with Gasteiger partial charge < -0.3 is 8.85 Å². The van der Waals surface area contributed by atoms with Crippen LogP contribution >= 0.6 is 0 Å². The van der Waals surface area contributed by atoms with Crippen LogP contribution in [0, 0.1) is 5.92 Å². The van der Waals surface area contributed by atoms with Crippen molar-refractivity contribution in [3.8, 4) is 0 Å². The molecular weight excluding hydrogens is 248 g/mol.